The van der Waals surface area contributed by atoms with E-state index in [4.69, 9.17) is 5.73 Å². The van der Waals surface area contributed by atoms with Crippen LogP contribution < -0.4 is 11.1 Å². The van der Waals surface area contributed by atoms with Gasteiger partial charge >= 0.3 is 5.97 Å². The molecule has 5 heteroatoms. The number of carbonyl (C=O) groups is 2. The summed E-state index contributed by atoms with van der Waals surface area (Å²) in [5, 5.41) is 2.43. The molecule has 0 aliphatic rings. The van der Waals surface area contributed by atoms with E-state index in [0.29, 0.717) is 5.56 Å². The first-order valence-electron chi connectivity index (χ1n) is 5.18. The maximum atomic E-state index is 11.8. The third kappa shape index (κ3) is 3.29. The quantitative estimate of drug-likeness (QED) is 0.729. The Hall–Kier alpha value is -1.88. The Morgan fingerprint density at radius 1 is 1.35 bits per heavy atom. The van der Waals surface area contributed by atoms with E-state index in [1.54, 1.807) is 31.2 Å². The van der Waals surface area contributed by atoms with Gasteiger partial charge in [0.2, 0.25) is 5.91 Å². The van der Waals surface area contributed by atoms with Crippen molar-refractivity contribution in [2.45, 2.75) is 12.5 Å². The number of hydrogen-bond donors (Lipinski definition) is 2. The summed E-state index contributed by atoms with van der Waals surface area (Å²) in [4.78, 5) is 22.7. The highest BCUT2D eigenvalue weighted by Crippen LogP contribution is 2.16. The molecule has 0 bridgehead atoms. The lowest BCUT2D eigenvalue weighted by Gasteiger charge is -2.23. The molecule has 0 aromatic heterocycles. The van der Waals surface area contributed by atoms with E-state index in [1.807, 2.05) is 6.07 Å². The van der Waals surface area contributed by atoms with Crippen molar-refractivity contribution in [2.24, 2.45) is 5.73 Å². The fourth-order valence-corrected chi connectivity index (χ4v) is 1.32. The highest BCUT2D eigenvalue weighted by Gasteiger charge is 2.30. The van der Waals surface area contributed by atoms with Gasteiger partial charge in [-0.25, -0.2) is 0 Å². The lowest BCUT2D eigenvalue weighted by Crippen LogP contribution is -2.50. The molecule has 92 valence electrons. The first-order valence-corrected chi connectivity index (χ1v) is 5.18. The fourth-order valence-electron chi connectivity index (χ4n) is 1.32. The number of rotatable bonds is 4. The minimum atomic E-state index is -1.17. The maximum Gasteiger partial charge on any atom is 0.325 e. The summed E-state index contributed by atoms with van der Waals surface area (Å²) in [7, 11) is 1.26. The Kier molecular flexibility index (Phi) is 4.23. The molecule has 1 aromatic carbocycles. The van der Waals surface area contributed by atoms with Gasteiger partial charge in [-0.1, -0.05) is 30.3 Å². The zero-order chi connectivity index (χ0) is 12.9. The average molecular weight is 236 g/mol. The Morgan fingerprint density at radius 2 is 1.94 bits per heavy atom. The second-order valence-corrected chi connectivity index (χ2v) is 3.83. The third-order valence-corrected chi connectivity index (χ3v) is 2.47. The zero-order valence-electron chi connectivity index (χ0n) is 9.90. The minimum Gasteiger partial charge on any atom is -0.468 e. The molecule has 0 spiro atoms. The molecule has 1 rings (SSSR count). The van der Waals surface area contributed by atoms with Gasteiger partial charge in [-0.3, -0.25) is 9.59 Å². The Morgan fingerprint density at radius 3 is 2.47 bits per heavy atom. The van der Waals surface area contributed by atoms with Crippen LogP contribution in [0.4, 0.5) is 0 Å². The molecule has 1 atom stereocenters. The minimum absolute atomic E-state index is 0.186. The van der Waals surface area contributed by atoms with Gasteiger partial charge in [0.1, 0.15) is 12.1 Å². The number of hydrogen-bond acceptors (Lipinski definition) is 4. The summed E-state index contributed by atoms with van der Waals surface area (Å²) < 4.78 is 4.42. The van der Waals surface area contributed by atoms with Crippen LogP contribution in [-0.4, -0.2) is 25.5 Å². The van der Waals surface area contributed by atoms with Crippen LogP contribution in [0.1, 0.15) is 12.5 Å². The van der Waals surface area contributed by atoms with Crippen LogP contribution in [0.2, 0.25) is 0 Å². The van der Waals surface area contributed by atoms with E-state index in [9.17, 15) is 9.59 Å². The van der Waals surface area contributed by atoms with Crippen LogP contribution in [0.25, 0.3) is 0 Å². The van der Waals surface area contributed by atoms with Crippen LogP contribution in [-0.2, 0) is 19.9 Å². The number of nitrogens with two attached hydrogens (primary N) is 1. The smallest absolute Gasteiger partial charge is 0.325 e. The zero-order valence-corrected chi connectivity index (χ0v) is 9.90. The first-order chi connectivity index (χ1) is 7.98. The van der Waals surface area contributed by atoms with Crippen molar-refractivity contribution in [2.75, 3.05) is 13.7 Å². The highest BCUT2D eigenvalue weighted by atomic mass is 16.5. The molecule has 0 saturated heterocycles. The van der Waals surface area contributed by atoms with Crippen molar-refractivity contribution in [3.8, 4) is 0 Å². The van der Waals surface area contributed by atoms with Gasteiger partial charge in [-0.15, -0.1) is 0 Å². The molecule has 0 aliphatic carbocycles. The summed E-state index contributed by atoms with van der Waals surface area (Å²) in [5.74, 6) is -0.934. The van der Waals surface area contributed by atoms with E-state index >= 15 is 0 Å². The molecule has 1 unspecified atom stereocenters. The first kappa shape index (κ1) is 13.2. The second kappa shape index (κ2) is 5.45. The van der Waals surface area contributed by atoms with E-state index in [0.717, 1.165) is 0 Å². The van der Waals surface area contributed by atoms with E-state index in [1.165, 1.54) is 7.11 Å². The molecule has 5 nitrogen and oxygen atoms in total. The molecule has 17 heavy (non-hydrogen) atoms. The molecule has 1 aromatic rings. The van der Waals surface area contributed by atoms with Crippen LogP contribution >= 0.6 is 0 Å². The highest BCUT2D eigenvalue weighted by molar-refractivity contribution is 5.89. The fraction of sp³-hybridized carbons (Fsp3) is 0.333. The number of ether oxygens (including phenoxy) is 1. The number of benzene rings is 1. The molecule has 0 heterocycles. The van der Waals surface area contributed by atoms with Crippen LogP contribution in [0.5, 0.6) is 0 Å². The van der Waals surface area contributed by atoms with E-state index < -0.39 is 17.4 Å². The van der Waals surface area contributed by atoms with Crippen molar-refractivity contribution in [1.82, 2.24) is 5.32 Å². The van der Waals surface area contributed by atoms with Crippen LogP contribution in [0.15, 0.2) is 30.3 Å². The van der Waals surface area contributed by atoms with E-state index in [2.05, 4.69) is 10.1 Å². The second-order valence-electron chi connectivity index (χ2n) is 3.83. The normalized spacial score (nSPS) is 13.6. The van der Waals surface area contributed by atoms with Gasteiger partial charge in [0.25, 0.3) is 0 Å². The van der Waals surface area contributed by atoms with Crippen molar-refractivity contribution < 1.29 is 14.3 Å². The molecule has 0 fully saturated rings. The van der Waals surface area contributed by atoms with E-state index in [-0.39, 0.29) is 6.54 Å². The summed E-state index contributed by atoms with van der Waals surface area (Å²) in [6, 6.07) is 8.96. The van der Waals surface area contributed by atoms with Gasteiger partial charge < -0.3 is 15.8 Å². The molecular formula is C12H16N2O3. The predicted octanol–water partition coefficient (Wildman–Crippen LogP) is 0.150. The average Bonchev–Trinajstić information content (AvgIpc) is 2.36. The summed E-state index contributed by atoms with van der Waals surface area (Å²) in [5.41, 5.74) is 5.46. The lowest BCUT2D eigenvalue weighted by atomic mass is 9.92. The van der Waals surface area contributed by atoms with Gasteiger partial charge in [0, 0.05) is 0 Å². The number of methoxy groups -OCH3 is 1. The Bertz CT molecular complexity index is 401. The molecule has 0 saturated carbocycles. The molecular weight excluding hydrogens is 220 g/mol. The SMILES string of the molecule is COC(=O)CNC(=O)C(C)(N)c1ccccc1. The number of carbonyl (C=O) groups excluding carboxylic acids is 2. The van der Waals surface area contributed by atoms with Crippen molar-refractivity contribution in [3.05, 3.63) is 35.9 Å². The van der Waals surface area contributed by atoms with Crippen molar-refractivity contribution in [3.63, 3.8) is 0 Å². The van der Waals surface area contributed by atoms with Gasteiger partial charge in [0.15, 0.2) is 0 Å². The molecule has 1 amide bonds. The largest absolute Gasteiger partial charge is 0.468 e. The monoisotopic (exact) mass is 236 g/mol. The van der Waals surface area contributed by atoms with Crippen LogP contribution in [0.3, 0.4) is 0 Å². The maximum absolute atomic E-state index is 11.8. The predicted molar refractivity (Wildman–Crippen MR) is 63.0 cm³/mol. The molecule has 3 N–H and O–H groups in total. The molecule has 0 aliphatic heterocycles. The summed E-state index contributed by atoms with van der Waals surface area (Å²) >= 11 is 0. The third-order valence-electron chi connectivity index (χ3n) is 2.47. The van der Waals surface area contributed by atoms with Crippen LogP contribution in [0, 0.1) is 0 Å². The van der Waals surface area contributed by atoms with Gasteiger partial charge in [0.05, 0.1) is 7.11 Å². The summed E-state index contributed by atoms with van der Waals surface area (Å²) in [6.45, 7) is 1.41. The summed E-state index contributed by atoms with van der Waals surface area (Å²) in [6.07, 6.45) is 0. The standard InChI is InChI=1S/C12H16N2O3/c1-12(13,9-6-4-3-5-7-9)11(16)14-8-10(15)17-2/h3-7H,8,13H2,1-2H3,(H,14,16). The lowest BCUT2D eigenvalue weighted by molar-refractivity contribution is -0.141. The Balaban J connectivity index is 2.71. The van der Waals surface area contributed by atoms with Gasteiger partial charge in [-0.2, -0.15) is 0 Å². The Labute approximate surface area is 99.9 Å². The number of amides is 1. The molecule has 0 radical (unpaired) electrons. The number of nitrogens with one attached hydrogen (secondary N) is 1. The van der Waals surface area contributed by atoms with Crippen molar-refractivity contribution >= 4 is 11.9 Å². The number of esters is 1. The topological polar surface area (TPSA) is 81.4 Å². The van der Waals surface area contributed by atoms with Gasteiger partial charge in [-0.05, 0) is 12.5 Å². The van der Waals surface area contributed by atoms with Crippen molar-refractivity contribution in [1.29, 1.82) is 0 Å².